The monoisotopic (exact) mass is 426 g/mol. The summed E-state index contributed by atoms with van der Waals surface area (Å²) in [6, 6.07) is 15.7. The normalized spacial score (nSPS) is 17.1. The number of nitrogens with one attached hydrogen (secondary N) is 2. The molecule has 154 valence electrons. The van der Waals surface area contributed by atoms with Crippen LogP contribution < -0.4 is 15.4 Å². The number of ether oxygens (including phenoxy) is 1. The predicted molar refractivity (Wildman–Crippen MR) is 114 cm³/mol. The van der Waals surface area contributed by atoms with Gasteiger partial charge >= 0.3 is 5.97 Å². The van der Waals surface area contributed by atoms with E-state index in [4.69, 9.17) is 9.84 Å². The summed E-state index contributed by atoms with van der Waals surface area (Å²) in [5.74, 6) is -1.25. The zero-order chi connectivity index (χ0) is 21.3. The van der Waals surface area contributed by atoms with E-state index < -0.39 is 17.8 Å². The number of nitrogens with zero attached hydrogens (tertiary/aromatic N) is 2. The fourth-order valence-electron chi connectivity index (χ4n) is 2.47. The third-order valence-electron chi connectivity index (χ3n) is 3.78. The number of aliphatic carboxylic acids is 1. The van der Waals surface area contributed by atoms with Crippen LogP contribution >= 0.6 is 11.8 Å². The molecule has 0 saturated carbocycles. The Hall–Kier alpha value is -3.66. The summed E-state index contributed by atoms with van der Waals surface area (Å²) in [5, 5.41) is 21.6. The number of amidine groups is 1. The highest BCUT2D eigenvalue weighted by atomic mass is 32.2. The Morgan fingerprint density at radius 2 is 2.00 bits per heavy atom. The maximum absolute atomic E-state index is 12.1. The highest BCUT2D eigenvalue weighted by Gasteiger charge is 2.32. The Kier molecular flexibility index (Phi) is 7.17. The standard InChI is InChI=1S/C20H18N4O5S/c25-17(22-14-6-2-1-3-7-14)10-16-19(28)23-20(30-16)24-21-11-13-5-4-8-15(9-13)29-12-18(26)27/h1-9,11,16H,10,12H2,(H,22,25)(H,26,27)(H,23,24,28)/b21-11-/t16-/m0/s1. The lowest BCUT2D eigenvalue weighted by molar-refractivity contribution is -0.139. The van der Waals surface area contributed by atoms with Crippen molar-refractivity contribution in [3.05, 3.63) is 60.2 Å². The van der Waals surface area contributed by atoms with Crippen LogP contribution in [0.2, 0.25) is 0 Å². The summed E-state index contributed by atoms with van der Waals surface area (Å²) in [5.41, 5.74) is 1.31. The van der Waals surface area contributed by atoms with E-state index >= 15 is 0 Å². The van der Waals surface area contributed by atoms with E-state index in [2.05, 4.69) is 20.8 Å². The molecule has 10 heteroatoms. The molecule has 1 heterocycles. The van der Waals surface area contributed by atoms with Gasteiger partial charge in [0, 0.05) is 12.1 Å². The molecule has 1 aliphatic rings. The molecule has 2 aromatic carbocycles. The molecule has 0 unspecified atom stereocenters. The second kappa shape index (κ2) is 10.2. The highest BCUT2D eigenvalue weighted by Crippen LogP contribution is 2.23. The molecule has 1 aliphatic heterocycles. The minimum atomic E-state index is -1.07. The summed E-state index contributed by atoms with van der Waals surface area (Å²) < 4.78 is 5.10. The van der Waals surface area contributed by atoms with E-state index in [0.717, 1.165) is 11.8 Å². The number of carbonyl (C=O) groups excluding carboxylic acids is 2. The third kappa shape index (κ3) is 6.45. The number of anilines is 1. The number of carbonyl (C=O) groups is 3. The van der Waals surface area contributed by atoms with Crippen molar-refractivity contribution in [2.24, 2.45) is 10.2 Å². The Bertz CT molecular complexity index is 994. The largest absolute Gasteiger partial charge is 0.482 e. The van der Waals surface area contributed by atoms with E-state index in [1.807, 2.05) is 18.2 Å². The fraction of sp³-hybridized carbons (Fsp3) is 0.150. The van der Waals surface area contributed by atoms with Gasteiger partial charge in [0.05, 0.1) is 6.21 Å². The van der Waals surface area contributed by atoms with Gasteiger partial charge in [-0.15, -0.1) is 5.10 Å². The molecular weight excluding hydrogens is 408 g/mol. The summed E-state index contributed by atoms with van der Waals surface area (Å²) in [6.07, 6.45) is 1.46. The maximum Gasteiger partial charge on any atom is 0.341 e. The number of rotatable bonds is 8. The number of carboxylic acids is 1. The summed E-state index contributed by atoms with van der Waals surface area (Å²) >= 11 is 1.13. The van der Waals surface area contributed by atoms with Crippen molar-refractivity contribution in [3.8, 4) is 5.75 Å². The molecule has 1 fully saturated rings. The van der Waals surface area contributed by atoms with Crippen LogP contribution in [-0.2, 0) is 14.4 Å². The molecule has 2 aromatic rings. The lowest BCUT2D eigenvalue weighted by Gasteiger charge is -2.06. The molecule has 1 atom stereocenters. The van der Waals surface area contributed by atoms with Crippen molar-refractivity contribution in [2.45, 2.75) is 11.7 Å². The molecule has 2 amide bonds. The molecule has 9 nitrogen and oxygen atoms in total. The second-order valence-electron chi connectivity index (χ2n) is 6.12. The average Bonchev–Trinajstić information content (AvgIpc) is 3.06. The van der Waals surface area contributed by atoms with E-state index in [-0.39, 0.29) is 18.2 Å². The van der Waals surface area contributed by atoms with Crippen LogP contribution in [-0.4, -0.2) is 46.1 Å². The molecule has 0 radical (unpaired) electrons. The zero-order valence-electron chi connectivity index (χ0n) is 15.6. The van der Waals surface area contributed by atoms with Crippen LogP contribution in [0.1, 0.15) is 12.0 Å². The summed E-state index contributed by atoms with van der Waals surface area (Å²) in [4.78, 5) is 34.7. The zero-order valence-corrected chi connectivity index (χ0v) is 16.5. The third-order valence-corrected chi connectivity index (χ3v) is 4.85. The van der Waals surface area contributed by atoms with E-state index in [1.54, 1.807) is 36.4 Å². The van der Waals surface area contributed by atoms with Crippen molar-refractivity contribution in [1.82, 2.24) is 5.32 Å². The van der Waals surface area contributed by atoms with E-state index in [0.29, 0.717) is 22.2 Å². The minimum absolute atomic E-state index is 0.0110. The van der Waals surface area contributed by atoms with Crippen molar-refractivity contribution in [3.63, 3.8) is 0 Å². The Balaban J connectivity index is 1.53. The molecule has 3 N–H and O–H groups in total. The van der Waals surface area contributed by atoms with Crippen molar-refractivity contribution < 1.29 is 24.2 Å². The van der Waals surface area contributed by atoms with Gasteiger partial charge in [-0.3, -0.25) is 9.59 Å². The second-order valence-corrected chi connectivity index (χ2v) is 7.31. The summed E-state index contributed by atoms with van der Waals surface area (Å²) in [6.45, 7) is -0.440. The Morgan fingerprint density at radius 1 is 1.20 bits per heavy atom. The van der Waals surface area contributed by atoms with Crippen LogP contribution in [0, 0.1) is 0 Å². The molecule has 0 bridgehead atoms. The quantitative estimate of drug-likeness (QED) is 0.438. The Morgan fingerprint density at radius 3 is 2.77 bits per heavy atom. The van der Waals surface area contributed by atoms with Crippen molar-refractivity contribution in [1.29, 1.82) is 0 Å². The number of thioether (sulfide) groups is 1. The van der Waals surface area contributed by atoms with Crippen molar-refractivity contribution in [2.75, 3.05) is 11.9 Å². The van der Waals surface area contributed by atoms with Gasteiger partial charge in [-0.25, -0.2) is 4.79 Å². The lowest BCUT2D eigenvalue weighted by atomic mass is 10.2. The van der Waals surface area contributed by atoms with Gasteiger partial charge in [0.2, 0.25) is 11.8 Å². The van der Waals surface area contributed by atoms with Gasteiger partial charge in [0.15, 0.2) is 11.8 Å². The molecule has 0 aliphatic carbocycles. The van der Waals surface area contributed by atoms with Crippen LogP contribution in [0.4, 0.5) is 5.69 Å². The van der Waals surface area contributed by atoms with Gasteiger partial charge in [0.25, 0.3) is 0 Å². The predicted octanol–water partition coefficient (Wildman–Crippen LogP) is 2.10. The summed E-state index contributed by atoms with van der Waals surface area (Å²) in [7, 11) is 0. The number of carboxylic acid groups (broad SMARTS) is 1. The van der Waals surface area contributed by atoms with E-state index in [1.165, 1.54) is 6.21 Å². The van der Waals surface area contributed by atoms with Gasteiger partial charge in [-0.05, 0) is 29.8 Å². The molecule has 0 spiro atoms. The first-order valence-electron chi connectivity index (χ1n) is 8.88. The first-order chi connectivity index (χ1) is 14.5. The topological polar surface area (TPSA) is 129 Å². The van der Waals surface area contributed by atoms with Crippen molar-refractivity contribution >= 4 is 46.6 Å². The van der Waals surface area contributed by atoms with Gasteiger partial charge in [-0.1, -0.05) is 42.1 Å². The number of hydrogen-bond donors (Lipinski definition) is 3. The molecule has 30 heavy (non-hydrogen) atoms. The van der Waals surface area contributed by atoms with Gasteiger partial charge in [0.1, 0.15) is 11.0 Å². The number of hydrogen-bond acceptors (Lipinski definition) is 7. The molecular formula is C20H18N4O5S. The molecule has 3 rings (SSSR count). The van der Waals surface area contributed by atoms with Gasteiger partial charge in [-0.2, -0.15) is 5.10 Å². The first-order valence-corrected chi connectivity index (χ1v) is 9.75. The molecule has 0 aromatic heterocycles. The fourth-order valence-corrected chi connectivity index (χ4v) is 3.39. The highest BCUT2D eigenvalue weighted by molar-refractivity contribution is 8.15. The average molecular weight is 426 g/mol. The van der Waals surface area contributed by atoms with E-state index in [9.17, 15) is 14.4 Å². The first kappa shape index (κ1) is 21.1. The van der Waals surface area contributed by atoms with Crippen LogP contribution in [0.5, 0.6) is 5.75 Å². The SMILES string of the molecule is O=C(O)COc1cccc(/C=N\N=C2\NC(=O)[C@H](CC(=O)Nc3ccccc3)S2)c1. The van der Waals surface area contributed by atoms with Gasteiger partial charge < -0.3 is 20.5 Å². The smallest absolute Gasteiger partial charge is 0.341 e. The lowest BCUT2D eigenvalue weighted by Crippen LogP contribution is -2.28. The minimum Gasteiger partial charge on any atom is -0.482 e. The Labute approximate surface area is 176 Å². The number of amides is 2. The number of para-hydroxylation sites is 1. The number of benzene rings is 2. The maximum atomic E-state index is 12.1. The van der Waals surface area contributed by atoms with Crippen LogP contribution in [0.3, 0.4) is 0 Å². The van der Waals surface area contributed by atoms with Crippen LogP contribution in [0.15, 0.2) is 64.8 Å². The molecule has 1 saturated heterocycles. The van der Waals surface area contributed by atoms with Crippen LogP contribution in [0.25, 0.3) is 0 Å².